The first-order valence-corrected chi connectivity index (χ1v) is 6.68. The third-order valence-electron chi connectivity index (χ3n) is 4.44. The van der Waals surface area contributed by atoms with Crippen molar-refractivity contribution in [3.05, 3.63) is 48.0 Å². The summed E-state index contributed by atoms with van der Waals surface area (Å²) in [4.78, 5) is 14.8. The van der Waals surface area contributed by atoms with Crippen molar-refractivity contribution >= 4 is 5.91 Å². The molecule has 0 spiro atoms. The van der Waals surface area contributed by atoms with Crippen LogP contribution in [0.2, 0.25) is 0 Å². The summed E-state index contributed by atoms with van der Waals surface area (Å²) in [6, 6.07) is 9.90. The fourth-order valence-corrected chi connectivity index (χ4v) is 3.35. The molecule has 94 valence electrons. The zero-order chi connectivity index (χ0) is 12.8. The number of rotatable bonds is 1. The van der Waals surface area contributed by atoms with Gasteiger partial charge in [0, 0.05) is 11.1 Å². The lowest BCUT2D eigenvalue weighted by molar-refractivity contribution is 0.00629. The number of benzene rings is 1. The first kappa shape index (κ1) is 11.5. The van der Waals surface area contributed by atoms with Crippen LogP contribution in [0.5, 0.6) is 0 Å². The molecule has 1 fully saturated rings. The number of amides is 1. The molecule has 0 saturated carbocycles. The SMILES string of the molecule is CC1(C)C2C=CC(CC2)N1C(=O)c1ccccc1. The van der Waals surface area contributed by atoms with Gasteiger partial charge in [-0.15, -0.1) is 0 Å². The summed E-state index contributed by atoms with van der Waals surface area (Å²) in [6.07, 6.45) is 6.80. The molecule has 2 atom stereocenters. The Kier molecular flexibility index (Phi) is 2.54. The molecule has 2 nitrogen and oxygen atoms in total. The van der Waals surface area contributed by atoms with Gasteiger partial charge in [-0.05, 0) is 44.7 Å². The van der Waals surface area contributed by atoms with Gasteiger partial charge in [0.25, 0.3) is 5.91 Å². The predicted molar refractivity (Wildman–Crippen MR) is 72.3 cm³/mol. The van der Waals surface area contributed by atoms with Gasteiger partial charge in [0.05, 0.1) is 6.04 Å². The second-order valence-electron chi connectivity index (χ2n) is 5.83. The zero-order valence-corrected chi connectivity index (χ0v) is 11.0. The highest BCUT2D eigenvalue weighted by molar-refractivity contribution is 5.95. The second kappa shape index (κ2) is 3.98. The fourth-order valence-electron chi connectivity index (χ4n) is 3.35. The lowest BCUT2D eigenvalue weighted by Crippen LogP contribution is -2.61. The van der Waals surface area contributed by atoms with Gasteiger partial charge in [-0.25, -0.2) is 0 Å². The van der Waals surface area contributed by atoms with Crippen LogP contribution in [0.4, 0.5) is 0 Å². The summed E-state index contributed by atoms with van der Waals surface area (Å²) in [7, 11) is 0. The Morgan fingerprint density at radius 3 is 2.44 bits per heavy atom. The zero-order valence-electron chi connectivity index (χ0n) is 11.0. The van der Waals surface area contributed by atoms with Gasteiger partial charge in [0.15, 0.2) is 0 Å². The minimum Gasteiger partial charge on any atom is -0.327 e. The lowest BCUT2D eigenvalue weighted by Gasteiger charge is -2.54. The molecule has 2 heterocycles. The Hall–Kier alpha value is -1.57. The van der Waals surface area contributed by atoms with Gasteiger partial charge < -0.3 is 4.90 Å². The highest BCUT2D eigenvalue weighted by atomic mass is 16.2. The van der Waals surface area contributed by atoms with Gasteiger partial charge in [0.1, 0.15) is 0 Å². The van der Waals surface area contributed by atoms with Gasteiger partial charge in [-0.3, -0.25) is 4.79 Å². The summed E-state index contributed by atoms with van der Waals surface area (Å²) in [5, 5.41) is 0. The average molecular weight is 241 g/mol. The minimum atomic E-state index is -0.0649. The average Bonchev–Trinajstić information content (AvgIpc) is 2.39. The third kappa shape index (κ3) is 1.59. The summed E-state index contributed by atoms with van der Waals surface area (Å²) >= 11 is 0. The molecule has 1 aromatic carbocycles. The van der Waals surface area contributed by atoms with Crippen LogP contribution in [-0.4, -0.2) is 22.4 Å². The van der Waals surface area contributed by atoms with E-state index < -0.39 is 0 Å². The molecule has 2 aliphatic heterocycles. The van der Waals surface area contributed by atoms with Crippen LogP contribution in [0, 0.1) is 5.92 Å². The molecular formula is C16H19NO. The van der Waals surface area contributed by atoms with Crippen molar-refractivity contribution in [1.29, 1.82) is 0 Å². The van der Waals surface area contributed by atoms with Gasteiger partial charge in [-0.2, -0.15) is 0 Å². The molecule has 2 heteroatoms. The van der Waals surface area contributed by atoms with Crippen molar-refractivity contribution in [3.63, 3.8) is 0 Å². The van der Waals surface area contributed by atoms with Crippen molar-refractivity contribution in [2.24, 2.45) is 5.92 Å². The van der Waals surface area contributed by atoms with Crippen LogP contribution in [0.15, 0.2) is 42.5 Å². The lowest BCUT2D eigenvalue weighted by atomic mass is 9.72. The van der Waals surface area contributed by atoms with E-state index in [9.17, 15) is 4.79 Å². The number of nitrogens with zero attached hydrogens (tertiary/aromatic N) is 1. The predicted octanol–water partition coefficient (Wildman–Crippen LogP) is 3.26. The topological polar surface area (TPSA) is 20.3 Å². The van der Waals surface area contributed by atoms with E-state index >= 15 is 0 Å². The standard InChI is InChI=1S/C16H19NO/c1-16(2)13-8-10-14(11-9-13)17(16)15(18)12-6-4-3-5-7-12/h3-8,10,13-14H,9,11H2,1-2H3. The van der Waals surface area contributed by atoms with Gasteiger partial charge in [-0.1, -0.05) is 30.4 Å². The molecule has 1 amide bonds. The van der Waals surface area contributed by atoms with Crippen LogP contribution >= 0.6 is 0 Å². The molecule has 3 aliphatic rings. The maximum Gasteiger partial charge on any atom is 0.254 e. The second-order valence-corrected chi connectivity index (χ2v) is 5.83. The number of carbonyl (C=O) groups excluding carboxylic acids is 1. The van der Waals surface area contributed by atoms with Crippen molar-refractivity contribution in [1.82, 2.24) is 4.90 Å². The Labute approximate surface area is 108 Å². The Morgan fingerprint density at radius 1 is 1.17 bits per heavy atom. The highest BCUT2D eigenvalue weighted by Crippen LogP contribution is 2.42. The number of fused-ring (bicyclic) bond motifs is 2. The van der Waals surface area contributed by atoms with Crippen LogP contribution in [-0.2, 0) is 0 Å². The summed E-state index contributed by atoms with van der Waals surface area (Å²) in [5.74, 6) is 0.662. The van der Waals surface area contributed by atoms with Gasteiger partial charge >= 0.3 is 0 Å². The number of carbonyl (C=O) groups is 1. The summed E-state index contributed by atoms with van der Waals surface area (Å²) in [5.41, 5.74) is 0.733. The van der Waals surface area contributed by atoms with Crippen LogP contribution < -0.4 is 0 Å². The van der Waals surface area contributed by atoms with Crippen LogP contribution in [0.3, 0.4) is 0 Å². The van der Waals surface area contributed by atoms with E-state index in [1.54, 1.807) is 0 Å². The number of piperidine rings is 1. The molecule has 0 N–H and O–H groups in total. The van der Waals surface area contributed by atoms with Crippen molar-refractivity contribution in [2.75, 3.05) is 0 Å². The molecule has 1 saturated heterocycles. The Balaban J connectivity index is 1.97. The van der Waals surface area contributed by atoms with E-state index in [0.29, 0.717) is 5.92 Å². The fraction of sp³-hybridized carbons (Fsp3) is 0.438. The minimum absolute atomic E-state index is 0.0649. The maximum atomic E-state index is 12.7. The largest absolute Gasteiger partial charge is 0.327 e. The van der Waals surface area contributed by atoms with Gasteiger partial charge in [0.2, 0.25) is 0 Å². The first-order chi connectivity index (χ1) is 8.60. The van der Waals surface area contributed by atoms with Crippen molar-refractivity contribution < 1.29 is 4.79 Å². The molecule has 1 aromatic rings. The highest BCUT2D eigenvalue weighted by Gasteiger charge is 2.46. The first-order valence-electron chi connectivity index (χ1n) is 6.68. The van der Waals surface area contributed by atoms with E-state index in [2.05, 4.69) is 30.9 Å². The monoisotopic (exact) mass is 241 g/mol. The third-order valence-corrected chi connectivity index (χ3v) is 4.44. The quantitative estimate of drug-likeness (QED) is 0.691. The van der Waals surface area contributed by atoms with E-state index in [4.69, 9.17) is 0 Å². The van der Waals surface area contributed by atoms with E-state index in [0.717, 1.165) is 12.0 Å². The van der Waals surface area contributed by atoms with E-state index in [1.165, 1.54) is 6.42 Å². The normalized spacial score (nSPS) is 28.4. The molecule has 18 heavy (non-hydrogen) atoms. The maximum absolute atomic E-state index is 12.7. The molecule has 1 aliphatic carbocycles. The number of hydrogen-bond acceptors (Lipinski definition) is 1. The summed E-state index contributed by atoms with van der Waals surface area (Å²) < 4.78 is 0. The molecule has 4 rings (SSSR count). The van der Waals surface area contributed by atoms with Crippen molar-refractivity contribution in [3.8, 4) is 0 Å². The van der Waals surface area contributed by atoms with Crippen LogP contribution in [0.1, 0.15) is 37.0 Å². The Morgan fingerprint density at radius 2 is 1.89 bits per heavy atom. The molecule has 2 bridgehead atoms. The van der Waals surface area contributed by atoms with Crippen molar-refractivity contribution in [2.45, 2.75) is 38.3 Å². The summed E-state index contributed by atoms with van der Waals surface area (Å²) in [6.45, 7) is 4.38. The molecule has 0 aromatic heterocycles. The number of hydrogen-bond donors (Lipinski definition) is 0. The van der Waals surface area contributed by atoms with E-state index in [-0.39, 0.29) is 17.5 Å². The smallest absolute Gasteiger partial charge is 0.254 e. The molecule has 2 unspecified atom stereocenters. The molecule has 0 radical (unpaired) electrons. The van der Waals surface area contributed by atoms with Crippen LogP contribution in [0.25, 0.3) is 0 Å². The molecular weight excluding hydrogens is 222 g/mol. The van der Waals surface area contributed by atoms with E-state index in [1.807, 2.05) is 30.3 Å². The Bertz CT molecular complexity index is 489.